The molecule has 0 fully saturated rings. The molecule has 0 saturated carbocycles. The van der Waals surface area contributed by atoms with Crippen LogP contribution in [0.5, 0.6) is 0 Å². The number of pyridine rings is 1. The number of rotatable bonds is 5. The zero-order valence-corrected chi connectivity index (χ0v) is 14.7. The van der Waals surface area contributed by atoms with Crippen molar-refractivity contribution < 1.29 is 0 Å². The highest BCUT2D eigenvalue weighted by Crippen LogP contribution is 2.20. The van der Waals surface area contributed by atoms with E-state index in [4.69, 9.17) is 4.98 Å². The van der Waals surface area contributed by atoms with Gasteiger partial charge in [0, 0.05) is 24.4 Å². The fourth-order valence-corrected chi connectivity index (χ4v) is 2.80. The summed E-state index contributed by atoms with van der Waals surface area (Å²) in [6, 6.07) is 14.6. The van der Waals surface area contributed by atoms with Crippen LogP contribution in [0.15, 0.2) is 54.9 Å². The first-order valence-corrected chi connectivity index (χ1v) is 8.53. The Kier molecular flexibility index (Phi) is 4.79. The molecule has 124 valence electrons. The van der Waals surface area contributed by atoms with Crippen LogP contribution < -0.4 is 0 Å². The molecule has 0 unspecified atom stereocenters. The van der Waals surface area contributed by atoms with Gasteiger partial charge in [-0.1, -0.05) is 51.1 Å². The van der Waals surface area contributed by atoms with Gasteiger partial charge in [0.05, 0.1) is 11.4 Å². The lowest BCUT2D eigenvalue weighted by Crippen LogP contribution is -2.09. The molecule has 3 heteroatoms. The van der Waals surface area contributed by atoms with Crippen LogP contribution >= 0.6 is 0 Å². The van der Waals surface area contributed by atoms with E-state index in [-0.39, 0.29) is 5.41 Å². The first-order chi connectivity index (χ1) is 11.5. The first kappa shape index (κ1) is 16.4. The zero-order chi connectivity index (χ0) is 17.0. The Morgan fingerprint density at radius 3 is 2.42 bits per heavy atom. The Balaban J connectivity index is 1.59. The molecular formula is C21H25N3. The Hall–Kier alpha value is -2.42. The van der Waals surface area contributed by atoms with E-state index in [1.807, 2.05) is 30.6 Å². The van der Waals surface area contributed by atoms with Gasteiger partial charge in [0.15, 0.2) is 0 Å². The summed E-state index contributed by atoms with van der Waals surface area (Å²) >= 11 is 0. The van der Waals surface area contributed by atoms with Gasteiger partial charge in [-0.2, -0.15) is 0 Å². The van der Waals surface area contributed by atoms with Crippen LogP contribution in [0.3, 0.4) is 0 Å². The SMILES string of the molecule is CC(C)(C)Cc1c[nH]c(CCc2ccc(-c3ccccn3)cc2)n1. The minimum atomic E-state index is 0.272. The number of nitrogens with zero attached hydrogens (tertiary/aromatic N) is 2. The number of hydrogen-bond acceptors (Lipinski definition) is 2. The summed E-state index contributed by atoms with van der Waals surface area (Å²) in [6.45, 7) is 6.72. The number of aryl methyl sites for hydroxylation is 2. The third-order valence-corrected chi connectivity index (χ3v) is 3.96. The van der Waals surface area contributed by atoms with Crippen molar-refractivity contribution in [3.8, 4) is 11.3 Å². The molecule has 3 aromatic rings. The van der Waals surface area contributed by atoms with E-state index in [1.54, 1.807) is 0 Å². The second-order valence-corrected chi connectivity index (χ2v) is 7.49. The smallest absolute Gasteiger partial charge is 0.106 e. The molecule has 1 N–H and O–H groups in total. The lowest BCUT2D eigenvalue weighted by Gasteiger charge is -2.15. The summed E-state index contributed by atoms with van der Waals surface area (Å²) in [6.07, 6.45) is 6.81. The Morgan fingerprint density at radius 1 is 0.958 bits per heavy atom. The van der Waals surface area contributed by atoms with Gasteiger partial charge < -0.3 is 4.98 Å². The maximum absolute atomic E-state index is 4.71. The molecule has 2 heterocycles. The first-order valence-electron chi connectivity index (χ1n) is 8.53. The normalized spacial score (nSPS) is 11.6. The van der Waals surface area contributed by atoms with Gasteiger partial charge in [0.25, 0.3) is 0 Å². The van der Waals surface area contributed by atoms with Crippen molar-refractivity contribution in [1.82, 2.24) is 15.0 Å². The summed E-state index contributed by atoms with van der Waals surface area (Å²) in [5, 5.41) is 0. The number of hydrogen-bond donors (Lipinski definition) is 1. The Bertz CT molecular complexity index is 765. The molecule has 0 aliphatic heterocycles. The quantitative estimate of drug-likeness (QED) is 0.730. The second kappa shape index (κ2) is 7.00. The standard InChI is InChI=1S/C21H25N3/c1-21(2,3)14-18-15-23-20(24-18)12-9-16-7-10-17(11-8-16)19-6-4-5-13-22-19/h4-8,10-11,13,15H,9,12,14H2,1-3H3,(H,23,24). The monoisotopic (exact) mass is 319 g/mol. The molecule has 1 aromatic carbocycles. The van der Waals surface area contributed by atoms with Crippen molar-refractivity contribution >= 4 is 0 Å². The summed E-state index contributed by atoms with van der Waals surface area (Å²) in [5.41, 5.74) is 4.92. The van der Waals surface area contributed by atoms with Crippen molar-refractivity contribution in [2.75, 3.05) is 0 Å². The molecule has 0 spiro atoms. The van der Waals surface area contributed by atoms with Gasteiger partial charge >= 0.3 is 0 Å². The van der Waals surface area contributed by atoms with Crippen LogP contribution in [-0.2, 0) is 19.3 Å². The van der Waals surface area contributed by atoms with Crippen LogP contribution in [0.1, 0.15) is 37.9 Å². The van der Waals surface area contributed by atoms with Gasteiger partial charge in [0.1, 0.15) is 5.82 Å². The number of imidazole rings is 1. The Labute approximate surface area is 144 Å². The molecule has 0 aliphatic rings. The van der Waals surface area contributed by atoms with Crippen LogP contribution in [0.25, 0.3) is 11.3 Å². The highest BCUT2D eigenvalue weighted by Gasteiger charge is 2.13. The third kappa shape index (κ3) is 4.54. The third-order valence-electron chi connectivity index (χ3n) is 3.96. The molecular weight excluding hydrogens is 294 g/mol. The average molecular weight is 319 g/mol. The molecule has 2 aromatic heterocycles. The minimum absolute atomic E-state index is 0.272. The molecule has 0 radical (unpaired) electrons. The molecule has 3 nitrogen and oxygen atoms in total. The van der Waals surface area contributed by atoms with Crippen molar-refractivity contribution in [1.29, 1.82) is 0 Å². The van der Waals surface area contributed by atoms with E-state index in [2.05, 4.69) is 55.0 Å². The summed E-state index contributed by atoms with van der Waals surface area (Å²) < 4.78 is 0. The highest BCUT2D eigenvalue weighted by molar-refractivity contribution is 5.58. The van der Waals surface area contributed by atoms with E-state index >= 15 is 0 Å². The minimum Gasteiger partial charge on any atom is -0.348 e. The highest BCUT2D eigenvalue weighted by atomic mass is 14.9. The zero-order valence-electron chi connectivity index (χ0n) is 14.7. The maximum Gasteiger partial charge on any atom is 0.106 e. The lowest BCUT2D eigenvalue weighted by atomic mass is 9.91. The second-order valence-electron chi connectivity index (χ2n) is 7.49. The van der Waals surface area contributed by atoms with E-state index < -0.39 is 0 Å². The number of benzene rings is 1. The molecule has 24 heavy (non-hydrogen) atoms. The van der Waals surface area contributed by atoms with E-state index in [1.165, 1.54) is 5.56 Å². The number of nitrogens with one attached hydrogen (secondary N) is 1. The van der Waals surface area contributed by atoms with Crippen molar-refractivity contribution in [3.05, 3.63) is 71.9 Å². The average Bonchev–Trinajstić information content (AvgIpc) is 3.00. The van der Waals surface area contributed by atoms with Crippen LogP contribution in [0, 0.1) is 5.41 Å². The summed E-state index contributed by atoms with van der Waals surface area (Å²) in [5.74, 6) is 1.07. The van der Waals surface area contributed by atoms with Crippen molar-refractivity contribution in [2.45, 2.75) is 40.0 Å². The topological polar surface area (TPSA) is 41.6 Å². The fourth-order valence-electron chi connectivity index (χ4n) is 2.80. The van der Waals surface area contributed by atoms with Crippen LogP contribution in [0.2, 0.25) is 0 Å². The molecule has 0 bridgehead atoms. The van der Waals surface area contributed by atoms with Gasteiger partial charge in [-0.3, -0.25) is 4.98 Å². The molecule has 0 atom stereocenters. The van der Waals surface area contributed by atoms with E-state index in [9.17, 15) is 0 Å². The van der Waals surface area contributed by atoms with E-state index in [0.29, 0.717) is 0 Å². The largest absolute Gasteiger partial charge is 0.348 e. The fraction of sp³-hybridized carbons (Fsp3) is 0.333. The summed E-state index contributed by atoms with van der Waals surface area (Å²) in [4.78, 5) is 12.4. The van der Waals surface area contributed by atoms with Gasteiger partial charge in [0.2, 0.25) is 0 Å². The maximum atomic E-state index is 4.71. The molecule has 0 aliphatic carbocycles. The van der Waals surface area contributed by atoms with Gasteiger partial charge in [-0.15, -0.1) is 0 Å². The lowest BCUT2D eigenvalue weighted by molar-refractivity contribution is 0.407. The predicted octanol–water partition coefficient (Wildman–Crippen LogP) is 4.85. The Morgan fingerprint density at radius 2 is 1.75 bits per heavy atom. The predicted molar refractivity (Wildman–Crippen MR) is 98.8 cm³/mol. The van der Waals surface area contributed by atoms with E-state index in [0.717, 1.165) is 42.0 Å². The van der Waals surface area contributed by atoms with Crippen molar-refractivity contribution in [3.63, 3.8) is 0 Å². The van der Waals surface area contributed by atoms with Crippen molar-refractivity contribution in [2.24, 2.45) is 5.41 Å². The number of aromatic nitrogens is 3. The summed E-state index contributed by atoms with van der Waals surface area (Å²) in [7, 11) is 0. The van der Waals surface area contributed by atoms with Crippen LogP contribution in [0.4, 0.5) is 0 Å². The molecule has 3 rings (SSSR count). The molecule has 0 amide bonds. The van der Waals surface area contributed by atoms with Gasteiger partial charge in [-0.25, -0.2) is 4.98 Å². The molecule has 0 saturated heterocycles. The van der Waals surface area contributed by atoms with Gasteiger partial charge in [-0.05, 0) is 36.0 Å². The number of H-pyrrole nitrogens is 1. The number of aromatic amines is 1. The van der Waals surface area contributed by atoms with Crippen LogP contribution in [-0.4, -0.2) is 15.0 Å².